The molecule has 1 aliphatic rings. The number of para-hydroxylation sites is 1. The molecule has 0 aromatic heterocycles. The van der Waals surface area contributed by atoms with Crippen LogP contribution in [0.1, 0.15) is 44.6 Å². The second-order valence-corrected chi connectivity index (χ2v) is 5.58. The zero-order valence-electron chi connectivity index (χ0n) is 12.0. The molecule has 0 N–H and O–H groups in total. The van der Waals surface area contributed by atoms with Crippen LogP contribution in [-0.4, -0.2) is 12.9 Å². The van der Waals surface area contributed by atoms with Gasteiger partial charge >= 0.3 is 0 Å². The van der Waals surface area contributed by atoms with Gasteiger partial charge in [-0.25, -0.2) is 0 Å². The quantitative estimate of drug-likeness (QED) is 0.799. The Morgan fingerprint density at radius 3 is 2.53 bits per heavy atom. The SMILES string of the molecule is CCC1CCC(C(=O)Cc2ccccc2OC)CC1. The molecule has 1 aliphatic carbocycles. The van der Waals surface area contributed by atoms with Crippen molar-refractivity contribution in [3.63, 3.8) is 0 Å². The summed E-state index contributed by atoms with van der Waals surface area (Å²) in [4.78, 5) is 12.4. The van der Waals surface area contributed by atoms with Crippen molar-refractivity contribution in [3.8, 4) is 5.75 Å². The van der Waals surface area contributed by atoms with Crippen molar-refractivity contribution in [1.29, 1.82) is 0 Å². The number of benzene rings is 1. The summed E-state index contributed by atoms with van der Waals surface area (Å²) in [5.41, 5.74) is 1.02. The number of hydrogen-bond acceptors (Lipinski definition) is 2. The number of rotatable bonds is 5. The molecule has 2 nitrogen and oxygen atoms in total. The highest BCUT2D eigenvalue weighted by Gasteiger charge is 2.25. The van der Waals surface area contributed by atoms with Crippen molar-refractivity contribution in [1.82, 2.24) is 0 Å². The summed E-state index contributed by atoms with van der Waals surface area (Å²) >= 11 is 0. The lowest BCUT2D eigenvalue weighted by Crippen LogP contribution is -2.23. The fourth-order valence-corrected chi connectivity index (χ4v) is 3.07. The van der Waals surface area contributed by atoms with Gasteiger partial charge < -0.3 is 4.74 Å². The second kappa shape index (κ2) is 6.74. The highest BCUT2D eigenvalue weighted by Crippen LogP contribution is 2.32. The molecule has 19 heavy (non-hydrogen) atoms. The number of carbonyl (C=O) groups is 1. The third kappa shape index (κ3) is 3.59. The molecule has 1 aromatic rings. The van der Waals surface area contributed by atoms with Gasteiger partial charge in [-0.05, 0) is 37.7 Å². The maximum atomic E-state index is 12.4. The van der Waals surface area contributed by atoms with Crippen LogP contribution >= 0.6 is 0 Å². The smallest absolute Gasteiger partial charge is 0.140 e. The summed E-state index contributed by atoms with van der Waals surface area (Å²) in [5.74, 6) is 2.33. The molecule has 0 spiro atoms. The van der Waals surface area contributed by atoms with E-state index in [9.17, 15) is 4.79 Å². The maximum absolute atomic E-state index is 12.4. The predicted molar refractivity (Wildman–Crippen MR) is 77.4 cm³/mol. The van der Waals surface area contributed by atoms with Gasteiger partial charge in [0, 0.05) is 17.9 Å². The minimum absolute atomic E-state index is 0.271. The molecule has 0 radical (unpaired) electrons. The number of ketones is 1. The fraction of sp³-hybridized carbons (Fsp3) is 0.588. The standard InChI is InChI=1S/C17H24O2/c1-3-13-8-10-14(11-9-13)16(18)12-15-6-4-5-7-17(15)19-2/h4-7,13-14H,3,8-12H2,1-2H3. The van der Waals surface area contributed by atoms with E-state index in [1.807, 2.05) is 24.3 Å². The van der Waals surface area contributed by atoms with E-state index < -0.39 is 0 Å². The molecule has 2 rings (SSSR count). The third-order valence-corrected chi connectivity index (χ3v) is 4.44. The molecule has 0 aliphatic heterocycles. The van der Waals surface area contributed by atoms with E-state index in [-0.39, 0.29) is 5.92 Å². The summed E-state index contributed by atoms with van der Waals surface area (Å²) in [6.45, 7) is 2.25. The second-order valence-electron chi connectivity index (χ2n) is 5.58. The Kier molecular flexibility index (Phi) is 5.00. The highest BCUT2D eigenvalue weighted by atomic mass is 16.5. The molecule has 0 amide bonds. The van der Waals surface area contributed by atoms with Gasteiger partial charge in [0.05, 0.1) is 7.11 Å². The third-order valence-electron chi connectivity index (χ3n) is 4.44. The lowest BCUT2D eigenvalue weighted by molar-refractivity contribution is -0.123. The average molecular weight is 260 g/mol. The van der Waals surface area contributed by atoms with Crippen LogP contribution < -0.4 is 4.74 Å². The highest BCUT2D eigenvalue weighted by molar-refractivity contribution is 5.83. The molecule has 1 fully saturated rings. The molecule has 0 unspecified atom stereocenters. The van der Waals surface area contributed by atoms with Gasteiger partial charge in [0.25, 0.3) is 0 Å². The van der Waals surface area contributed by atoms with Crippen LogP contribution in [0.15, 0.2) is 24.3 Å². The van der Waals surface area contributed by atoms with Crippen LogP contribution in [0.5, 0.6) is 5.75 Å². The summed E-state index contributed by atoms with van der Waals surface area (Å²) < 4.78 is 5.32. The van der Waals surface area contributed by atoms with E-state index in [0.29, 0.717) is 12.2 Å². The van der Waals surface area contributed by atoms with Gasteiger partial charge in [0.15, 0.2) is 0 Å². The Morgan fingerprint density at radius 2 is 1.89 bits per heavy atom. The van der Waals surface area contributed by atoms with E-state index in [1.54, 1.807) is 7.11 Å². The van der Waals surface area contributed by atoms with Gasteiger partial charge in [-0.15, -0.1) is 0 Å². The van der Waals surface area contributed by atoms with Crippen LogP contribution in [0.25, 0.3) is 0 Å². The van der Waals surface area contributed by atoms with Gasteiger partial charge in [0.2, 0.25) is 0 Å². The maximum Gasteiger partial charge on any atom is 0.140 e. The normalized spacial score (nSPS) is 23.1. The van der Waals surface area contributed by atoms with Crippen LogP contribution in [0.4, 0.5) is 0 Å². The molecular formula is C17H24O2. The van der Waals surface area contributed by atoms with Crippen molar-refractivity contribution in [2.75, 3.05) is 7.11 Å². The zero-order valence-corrected chi connectivity index (χ0v) is 12.0. The summed E-state index contributed by atoms with van der Waals surface area (Å²) in [6, 6.07) is 7.84. The number of ether oxygens (including phenoxy) is 1. The molecule has 2 heteroatoms. The van der Waals surface area contributed by atoms with Crippen molar-refractivity contribution in [2.24, 2.45) is 11.8 Å². The first-order valence-corrected chi connectivity index (χ1v) is 7.39. The van der Waals surface area contributed by atoms with Crippen molar-refractivity contribution < 1.29 is 9.53 Å². The number of methoxy groups -OCH3 is 1. The van der Waals surface area contributed by atoms with Crippen molar-refractivity contribution in [3.05, 3.63) is 29.8 Å². The van der Waals surface area contributed by atoms with Crippen LogP contribution in [0.2, 0.25) is 0 Å². The Bertz CT molecular complexity index is 417. The van der Waals surface area contributed by atoms with Crippen LogP contribution in [0, 0.1) is 11.8 Å². The summed E-state index contributed by atoms with van der Waals surface area (Å²) in [6.07, 6.45) is 6.37. The number of carbonyl (C=O) groups excluding carboxylic acids is 1. The minimum Gasteiger partial charge on any atom is -0.496 e. The van der Waals surface area contributed by atoms with Gasteiger partial charge in [-0.2, -0.15) is 0 Å². The number of hydrogen-bond donors (Lipinski definition) is 0. The Hall–Kier alpha value is -1.31. The molecule has 1 aromatic carbocycles. The van der Waals surface area contributed by atoms with Crippen molar-refractivity contribution >= 4 is 5.78 Å². The lowest BCUT2D eigenvalue weighted by Gasteiger charge is -2.27. The van der Waals surface area contributed by atoms with E-state index in [0.717, 1.165) is 30.1 Å². The predicted octanol–water partition coefficient (Wildman–Crippen LogP) is 4.02. The van der Waals surface area contributed by atoms with Crippen LogP contribution in [-0.2, 0) is 11.2 Å². The lowest BCUT2D eigenvalue weighted by atomic mass is 9.78. The van der Waals surface area contributed by atoms with Gasteiger partial charge in [0.1, 0.15) is 11.5 Å². The molecule has 1 saturated carbocycles. The molecular weight excluding hydrogens is 236 g/mol. The molecule has 0 heterocycles. The van der Waals surface area contributed by atoms with E-state index >= 15 is 0 Å². The van der Waals surface area contributed by atoms with E-state index in [2.05, 4.69) is 6.92 Å². The topological polar surface area (TPSA) is 26.3 Å². The molecule has 0 saturated heterocycles. The largest absolute Gasteiger partial charge is 0.496 e. The van der Waals surface area contributed by atoms with E-state index in [4.69, 9.17) is 4.74 Å². The zero-order chi connectivity index (χ0) is 13.7. The minimum atomic E-state index is 0.271. The fourth-order valence-electron chi connectivity index (χ4n) is 3.07. The first-order valence-electron chi connectivity index (χ1n) is 7.39. The van der Waals surface area contributed by atoms with E-state index in [1.165, 1.54) is 19.3 Å². The summed E-state index contributed by atoms with van der Waals surface area (Å²) in [5, 5.41) is 0. The first-order chi connectivity index (χ1) is 9.24. The Morgan fingerprint density at radius 1 is 1.21 bits per heavy atom. The van der Waals surface area contributed by atoms with Crippen LogP contribution in [0.3, 0.4) is 0 Å². The first kappa shape index (κ1) is 14.1. The number of Topliss-reactive ketones (excluding diaryl/α,β-unsaturated/α-hetero) is 1. The Labute approximate surface area is 116 Å². The van der Waals surface area contributed by atoms with Crippen molar-refractivity contribution in [2.45, 2.75) is 45.4 Å². The molecule has 104 valence electrons. The molecule has 0 bridgehead atoms. The summed E-state index contributed by atoms with van der Waals surface area (Å²) in [7, 11) is 1.66. The molecule has 0 atom stereocenters. The van der Waals surface area contributed by atoms with Gasteiger partial charge in [-0.3, -0.25) is 4.79 Å². The monoisotopic (exact) mass is 260 g/mol. The Balaban J connectivity index is 1.94. The van der Waals surface area contributed by atoms with Gasteiger partial charge in [-0.1, -0.05) is 31.5 Å². The average Bonchev–Trinajstić information content (AvgIpc) is 2.48.